The van der Waals surface area contributed by atoms with Gasteiger partial charge in [-0.15, -0.1) is 0 Å². The number of hydrogen-bond donors (Lipinski definition) is 2. The lowest BCUT2D eigenvalue weighted by Gasteiger charge is -2.13. The summed E-state index contributed by atoms with van der Waals surface area (Å²) >= 11 is 8.00. The minimum absolute atomic E-state index is 0.318. The van der Waals surface area contributed by atoms with E-state index in [0.29, 0.717) is 27.3 Å². The standard InChI is InChI=1S/C13H15ClF2N4S2/c1-20(2)4-3-17-10-6-9(15)11(5-8(10)14)22-19-13-18-7-12(16)21-13/h5-7,17H,3-4H2,1-2H3,(H,18,19). The van der Waals surface area contributed by atoms with E-state index in [-0.39, 0.29) is 0 Å². The number of rotatable bonds is 7. The molecule has 1 aromatic heterocycles. The summed E-state index contributed by atoms with van der Waals surface area (Å²) in [6.45, 7) is 1.47. The van der Waals surface area contributed by atoms with Crippen molar-refractivity contribution in [2.24, 2.45) is 0 Å². The predicted molar refractivity (Wildman–Crippen MR) is 90.0 cm³/mol. The van der Waals surface area contributed by atoms with Crippen molar-refractivity contribution in [1.82, 2.24) is 9.88 Å². The van der Waals surface area contributed by atoms with Crippen LogP contribution in [0.5, 0.6) is 0 Å². The fraction of sp³-hybridized carbons (Fsp3) is 0.308. The molecule has 0 amide bonds. The summed E-state index contributed by atoms with van der Waals surface area (Å²) in [5.74, 6) is -0.411. The molecule has 0 radical (unpaired) electrons. The van der Waals surface area contributed by atoms with Crippen LogP contribution in [-0.2, 0) is 0 Å². The third-order valence-electron chi connectivity index (χ3n) is 2.62. The van der Waals surface area contributed by atoms with Gasteiger partial charge in [0.05, 0.1) is 21.8 Å². The number of benzene rings is 1. The van der Waals surface area contributed by atoms with Crippen LogP contribution in [-0.4, -0.2) is 37.1 Å². The number of nitrogens with zero attached hydrogens (tertiary/aromatic N) is 2. The van der Waals surface area contributed by atoms with Crippen LogP contribution in [0.3, 0.4) is 0 Å². The summed E-state index contributed by atoms with van der Waals surface area (Å²) in [6, 6.07) is 2.88. The molecule has 2 rings (SSSR count). The van der Waals surface area contributed by atoms with Gasteiger partial charge in [0.15, 0.2) is 10.3 Å². The van der Waals surface area contributed by atoms with Crippen LogP contribution < -0.4 is 10.0 Å². The molecule has 0 bridgehead atoms. The quantitative estimate of drug-likeness (QED) is 0.722. The maximum atomic E-state index is 14.1. The van der Waals surface area contributed by atoms with Crippen LogP contribution in [0.2, 0.25) is 5.02 Å². The molecule has 9 heteroatoms. The second kappa shape index (κ2) is 7.96. The molecule has 1 aromatic carbocycles. The number of halogens is 3. The molecule has 0 aliphatic carbocycles. The minimum Gasteiger partial charge on any atom is -0.382 e. The third-order valence-corrected chi connectivity index (χ3v) is 4.59. The normalized spacial score (nSPS) is 11.0. The monoisotopic (exact) mass is 364 g/mol. The topological polar surface area (TPSA) is 40.2 Å². The highest BCUT2D eigenvalue weighted by Gasteiger charge is 2.10. The summed E-state index contributed by atoms with van der Waals surface area (Å²) < 4.78 is 29.7. The van der Waals surface area contributed by atoms with Gasteiger partial charge in [-0.25, -0.2) is 9.37 Å². The molecule has 0 unspecified atom stereocenters. The first-order valence-corrected chi connectivity index (χ1v) is 8.38. The van der Waals surface area contributed by atoms with Gasteiger partial charge in [0, 0.05) is 13.1 Å². The van der Waals surface area contributed by atoms with Crippen molar-refractivity contribution in [3.8, 4) is 0 Å². The Balaban J connectivity index is 1.99. The van der Waals surface area contributed by atoms with Crippen molar-refractivity contribution < 1.29 is 8.78 Å². The van der Waals surface area contributed by atoms with Crippen LogP contribution in [0.1, 0.15) is 0 Å². The molecule has 120 valence electrons. The number of likely N-dealkylation sites (N-methyl/N-ethyl adjacent to an activating group) is 1. The van der Waals surface area contributed by atoms with E-state index in [1.807, 2.05) is 19.0 Å². The van der Waals surface area contributed by atoms with E-state index in [0.717, 1.165) is 36.0 Å². The van der Waals surface area contributed by atoms with Crippen LogP contribution in [0.4, 0.5) is 19.6 Å². The molecule has 0 atom stereocenters. The zero-order valence-electron chi connectivity index (χ0n) is 12.0. The van der Waals surface area contributed by atoms with Crippen molar-refractivity contribution in [3.05, 3.63) is 34.3 Å². The molecule has 0 saturated carbocycles. The van der Waals surface area contributed by atoms with Gasteiger partial charge in [0.1, 0.15) is 5.82 Å². The fourth-order valence-electron chi connectivity index (χ4n) is 1.56. The van der Waals surface area contributed by atoms with Gasteiger partial charge < -0.3 is 14.9 Å². The molecule has 0 aliphatic heterocycles. The number of thiazole rings is 1. The molecule has 4 nitrogen and oxygen atoms in total. The van der Waals surface area contributed by atoms with Gasteiger partial charge in [-0.1, -0.05) is 22.9 Å². The Hall–Kier alpha value is -1.09. The first-order valence-electron chi connectivity index (χ1n) is 6.37. The minimum atomic E-state index is -0.411. The highest BCUT2D eigenvalue weighted by Crippen LogP contribution is 2.32. The zero-order chi connectivity index (χ0) is 16.1. The Morgan fingerprint density at radius 2 is 2.14 bits per heavy atom. The molecule has 0 aliphatic rings. The van der Waals surface area contributed by atoms with Crippen LogP contribution in [0.15, 0.2) is 23.2 Å². The molecule has 0 saturated heterocycles. The van der Waals surface area contributed by atoms with E-state index < -0.39 is 10.9 Å². The van der Waals surface area contributed by atoms with Crippen LogP contribution in [0, 0.1) is 10.9 Å². The smallest absolute Gasteiger partial charge is 0.198 e. The van der Waals surface area contributed by atoms with Crippen LogP contribution >= 0.6 is 34.9 Å². The Morgan fingerprint density at radius 1 is 1.36 bits per heavy atom. The second-order valence-electron chi connectivity index (χ2n) is 4.67. The predicted octanol–water partition coefficient (Wildman–Crippen LogP) is 4.17. The molecule has 2 N–H and O–H groups in total. The molecular formula is C13H15ClF2N4S2. The lowest BCUT2D eigenvalue weighted by Crippen LogP contribution is -2.20. The zero-order valence-corrected chi connectivity index (χ0v) is 14.4. The first-order chi connectivity index (χ1) is 10.5. The van der Waals surface area contributed by atoms with Crippen molar-refractivity contribution in [3.63, 3.8) is 0 Å². The Bertz CT molecular complexity index is 636. The highest BCUT2D eigenvalue weighted by molar-refractivity contribution is 8.00. The maximum Gasteiger partial charge on any atom is 0.198 e. The number of anilines is 2. The Kier molecular flexibility index (Phi) is 6.25. The van der Waals surface area contributed by atoms with E-state index in [1.54, 1.807) is 0 Å². The molecule has 22 heavy (non-hydrogen) atoms. The van der Waals surface area contributed by atoms with Gasteiger partial charge in [0.25, 0.3) is 0 Å². The third kappa shape index (κ3) is 4.98. The molecule has 2 aromatic rings. The van der Waals surface area contributed by atoms with Gasteiger partial charge in [0.2, 0.25) is 0 Å². The Labute approximate surface area is 141 Å². The van der Waals surface area contributed by atoms with Crippen molar-refractivity contribution in [1.29, 1.82) is 0 Å². The molecule has 0 fully saturated rings. The maximum absolute atomic E-state index is 14.1. The lowest BCUT2D eigenvalue weighted by molar-refractivity contribution is 0.425. The fourth-order valence-corrected chi connectivity index (χ4v) is 3.12. The largest absolute Gasteiger partial charge is 0.382 e. The first kappa shape index (κ1) is 17.3. The Morgan fingerprint density at radius 3 is 2.77 bits per heavy atom. The van der Waals surface area contributed by atoms with Gasteiger partial charge in [-0.2, -0.15) is 4.39 Å². The van der Waals surface area contributed by atoms with E-state index in [9.17, 15) is 8.78 Å². The summed E-state index contributed by atoms with van der Waals surface area (Å²) in [4.78, 5) is 6.13. The van der Waals surface area contributed by atoms with Crippen molar-refractivity contribution in [2.45, 2.75) is 4.90 Å². The number of nitrogens with one attached hydrogen (secondary N) is 2. The molecule has 1 heterocycles. The molecule has 0 spiro atoms. The van der Waals surface area contributed by atoms with Gasteiger partial charge >= 0.3 is 0 Å². The van der Waals surface area contributed by atoms with E-state index in [1.165, 1.54) is 12.1 Å². The average molecular weight is 365 g/mol. The van der Waals surface area contributed by atoms with Gasteiger partial charge in [-0.3, -0.25) is 0 Å². The number of aromatic nitrogens is 1. The van der Waals surface area contributed by atoms with E-state index in [2.05, 4.69) is 15.0 Å². The lowest BCUT2D eigenvalue weighted by atomic mass is 10.3. The van der Waals surface area contributed by atoms with Crippen molar-refractivity contribution >= 4 is 45.7 Å². The number of hydrogen-bond acceptors (Lipinski definition) is 6. The molecular weight excluding hydrogens is 350 g/mol. The van der Waals surface area contributed by atoms with Crippen molar-refractivity contribution in [2.75, 3.05) is 37.2 Å². The van der Waals surface area contributed by atoms with Crippen LogP contribution in [0.25, 0.3) is 0 Å². The van der Waals surface area contributed by atoms with E-state index >= 15 is 0 Å². The van der Waals surface area contributed by atoms with E-state index in [4.69, 9.17) is 11.6 Å². The summed E-state index contributed by atoms with van der Waals surface area (Å²) in [5.41, 5.74) is 0.547. The summed E-state index contributed by atoms with van der Waals surface area (Å²) in [5, 5.41) is 3.48. The van der Waals surface area contributed by atoms with Gasteiger partial charge in [-0.05, 0) is 38.2 Å². The highest BCUT2D eigenvalue weighted by atomic mass is 35.5. The summed E-state index contributed by atoms with van der Waals surface area (Å²) in [6.07, 6.45) is 1.11. The second-order valence-corrected chi connectivity index (χ2v) is 6.90. The SMILES string of the molecule is CN(C)CCNc1cc(F)c(SNc2ncc(F)s2)cc1Cl. The average Bonchev–Trinajstić information content (AvgIpc) is 2.86. The summed E-state index contributed by atoms with van der Waals surface area (Å²) in [7, 11) is 3.91.